The van der Waals surface area contributed by atoms with E-state index in [1.165, 1.54) is 0 Å². The van der Waals surface area contributed by atoms with Crippen molar-refractivity contribution in [1.29, 1.82) is 0 Å². The number of aromatic nitrogens is 1. The van der Waals surface area contributed by atoms with Crippen molar-refractivity contribution >= 4 is 52.8 Å². The van der Waals surface area contributed by atoms with E-state index in [-0.39, 0.29) is 33.0 Å². The fourth-order valence-corrected chi connectivity index (χ4v) is 4.06. The lowest BCUT2D eigenvalue weighted by Crippen LogP contribution is -2.11. The normalized spacial score (nSPS) is 11.4. The Morgan fingerprint density at radius 3 is 2.39 bits per heavy atom. The van der Waals surface area contributed by atoms with Crippen molar-refractivity contribution in [3.63, 3.8) is 0 Å². The molecular formula is C17H10Cl3F4NO2S. The molecule has 0 aliphatic carbocycles. The van der Waals surface area contributed by atoms with Gasteiger partial charge in [0.1, 0.15) is 16.7 Å². The molecule has 0 amide bonds. The number of rotatable bonds is 4. The summed E-state index contributed by atoms with van der Waals surface area (Å²) in [7, 11) is 1.05. The molecule has 0 aliphatic rings. The smallest absolute Gasteiger partial charge is 0.386 e. The van der Waals surface area contributed by atoms with Crippen LogP contribution >= 0.6 is 46.8 Å². The first kappa shape index (κ1) is 22.8. The molecule has 0 atom stereocenters. The SMILES string of the molecule is C#CCc1c(F)c(-c2c(Cl)c(C(F)(F)F)n(C)c2Cl)cc(SOC(C)=O)c1Cl. The fourth-order valence-electron chi connectivity index (χ4n) is 2.43. The summed E-state index contributed by atoms with van der Waals surface area (Å²) in [4.78, 5) is 11.1. The first-order chi connectivity index (χ1) is 12.9. The highest BCUT2D eigenvalue weighted by Crippen LogP contribution is 2.48. The number of hydrogen-bond donors (Lipinski definition) is 0. The third-order valence-corrected chi connectivity index (χ3v) is 5.76. The molecular weight excluding hydrogens is 465 g/mol. The molecule has 0 N–H and O–H groups in total. The van der Waals surface area contributed by atoms with Gasteiger partial charge in [-0.05, 0) is 6.07 Å². The standard InChI is InChI=1S/C17H10Cl3F4NO2S/c1-4-5-8-12(18)10(28-27-7(2)26)6-9(14(8)21)11-13(19)15(17(22,23)24)25(3)16(11)20/h1,6H,5H2,2-3H3. The predicted molar refractivity (Wildman–Crippen MR) is 101 cm³/mol. The number of halogens is 7. The van der Waals surface area contributed by atoms with E-state index in [0.717, 1.165) is 20.0 Å². The number of carbonyl (C=O) groups is 1. The summed E-state index contributed by atoms with van der Waals surface area (Å²) in [5.74, 6) is 0.574. The number of carbonyl (C=O) groups excluding carboxylic acids is 1. The van der Waals surface area contributed by atoms with Crippen LogP contribution in [0.3, 0.4) is 0 Å². The molecule has 0 radical (unpaired) electrons. The molecule has 0 saturated heterocycles. The monoisotopic (exact) mass is 473 g/mol. The van der Waals surface area contributed by atoms with Crippen molar-refractivity contribution in [3.8, 4) is 23.5 Å². The van der Waals surface area contributed by atoms with Crippen molar-refractivity contribution in [3.05, 3.63) is 38.3 Å². The zero-order valence-corrected chi connectivity index (χ0v) is 17.3. The summed E-state index contributed by atoms with van der Waals surface area (Å²) in [6, 6.07) is 1.10. The quantitative estimate of drug-likeness (QED) is 0.286. The van der Waals surface area contributed by atoms with E-state index >= 15 is 4.39 Å². The van der Waals surface area contributed by atoms with E-state index in [0.29, 0.717) is 16.6 Å². The summed E-state index contributed by atoms with van der Waals surface area (Å²) in [6.45, 7) is 1.13. The van der Waals surface area contributed by atoms with Gasteiger partial charge in [0, 0.05) is 37.1 Å². The third-order valence-electron chi connectivity index (χ3n) is 3.59. The summed E-state index contributed by atoms with van der Waals surface area (Å²) in [5, 5.41) is -1.35. The Morgan fingerprint density at radius 1 is 1.32 bits per heavy atom. The lowest BCUT2D eigenvalue weighted by atomic mass is 10.0. The van der Waals surface area contributed by atoms with E-state index in [2.05, 4.69) is 5.92 Å². The van der Waals surface area contributed by atoms with Gasteiger partial charge in [0.05, 0.1) is 27.0 Å². The number of benzene rings is 1. The molecule has 2 aromatic rings. The highest BCUT2D eigenvalue weighted by molar-refractivity contribution is 7.95. The first-order valence-electron chi connectivity index (χ1n) is 7.32. The van der Waals surface area contributed by atoms with Crippen LogP contribution < -0.4 is 0 Å². The zero-order valence-electron chi connectivity index (χ0n) is 14.2. The van der Waals surface area contributed by atoms with Gasteiger partial charge in [-0.2, -0.15) is 13.2 Å². The molecule has 2 rings (SSSR count). The van der Waals surface area contributed by atoms with Gasteiger partial charge >= 0.3 is 12.1 Å². The third kappa shape index (κ3) is 4.23. The average Bonchev–Trinajstić information content (AvgIpc) is 2.80. The molecule has 1 heterocycles. The van der Waals surface area contributed by atoms with Gasteiger partial charge in [0.25, 0.3) is 0 Å². The van der Waals surface area contributed by atoms with E-state index < -0.39 is 33.8 Å². The van der Waals surface area contributed by atoms with Crippen molar-refractivity contribution < 1.29 is 26.5 Å². The van der Waals surface area contributed by atoms with Crippen LogP contribution in [0.25, 0.3) is 11.1 Å². The van der Waals surface area contributed by atoms with Crippen molar-refractivity contribution in [2.75, 3.05) is 0 Å². The van der Waals surface area contributed by atoms with Crippen LogP contribution in [0.1, 0.15) is 18.2 Å². The minimum absolute atomic E-state index is 0.0584. The molecule has 3 nitrogen and oxygen atoms in total. The largest absolute Gasteiger partial charge is 0.432 e. The van der Waals surface area contributed by atoms with Gasteiger partial charge in [-0.1, -0.05) is 34.8 Å². The minimum atomic E-state index is -4.83. The maximum absolute atomic E-state index is 15.1. The molecule has 1 aromatic heterocycles. The van der Waals surface area contributed by atoms with E-state index in [4.69, 9.17) is 45.4 Å². The van der Waals surface area contributed by atoms with Crippen molar-refractivity contribution in [1.82, 2.24) is 4.57 Å². The Labute approximate surface area is 177 Å². The van der Waals surface area contributed by atoms with Gasteiger partial charge in [-0.3, -0.25) is 4.79 Å². The van der Waals surface area contributed by atoms with Crippen molar-refractivity contribution in [2.24, 2.45) is 7.05 Å². The van der Waals surface area contributed by atoms with Crippen LogP contribution in [0.5, 0.6) is 0 Å². The number of terminal acetylenes is 1. The minimum Gasteiger partial charge on any atom is -0.386 e. The Balaban J connectivity index is 2.83. The maximum Gasteiger partial charge on any atom is 0.432 e. The van der Waals surface area contributed by atoms with Crippen LogP contribution in [-0.4, -0.2) is 10.5 Å². The van der Waals surface area contributed by atoms with Gasteiger partial charge in [0.15, 0.2) is 0 Å². The van der Waals surface area contributed by atoms with Crippen LogP contribution in [0, 0.1) is 18.2 Å². The van der Waals surface area contributed by atoms with Crippen LogP contribution in [0.15, 0.2) is 11.0 Å². The first-order valence-corrected chi connectivity index (χ1v) is 9.19. The Bertz CT molecular complexity index is 996. The van der Waals surface area contributed by atoms with Gasteiger partial charge in [-0.25, -0.2) is 4.39 Å². The zero-order chi connectivity index (χ0) is 21.4. The fraction of sp³-hybridized carbons (Fsp3) is 0.235. The predicted octanol–water partition coefficient (Wildman–Crippen LogP) is 6.56. The summed E-state index contributed by atoms with van der Waals surface area (Å²) in [6.07, 6.45) is 0.143. The van der Waals surface area contributed by atoms with Crippen molar-refractivity contribution in [2.45, 2.75) is 24.4 Å². The molecule has 1 aromatic carbocycles. The summed E-state index contributed by atoms with van der Waals surface area (Å²) < 4.78 is 60.4. The second-order valence-corrected chi connectivity index (χ2v) is 7.34. The second kappa shape index (κ2) is 8.46. The van der Waals surface area contributed by atoms with E-state index in [1.54, 1.807) is 0 Å². The molecule has 0 unspecified atom stereocenters. The van der Waals surface area contributed by atoms with E-state index in [1.807, 2.05) is 0 Å². The molecule has 28 heavy (non-hydrogen) atoms. The number of nitrogens with zero attached hydrogens (tertiary/aromatic N) is 1. The van der Waals surface area contributed by atoms with Crippen LogP contribution in [0.4, 0.5) is 17.6 Å². The van der Waals surface area contributed by atoms with E-state index in [9.17, 15) is 18.0 Å². The maximum atomic E-state index is 15.1. The molecule has 11 heteroatoms. The molecule has 150 valence electrons. The van der Waals surface area contributed by atoms with Gasteiger partial charge in [0.2, 0.25) is 0 Å². The summed E-state index contributed by atoms with van der Waals surface area (Å²) in [5.41, 5.74) is -2.14. The average molecular weight is 475 g/mol. The lowest BCUT2D eigenvalue weighted by Gasteiger charge is -2.13. The molecule has 0 bridgehead atoms. The molecule has 0 aliphatic heterocycles. The summed E-state index contributed by atoms with van der Waals surface area (Å²) >= 11 is 18.6. The highest BCUT2D eigenvalue weighted by Gasteiger charge is 2.40. The van der Waals surface area contributed by atoms with Crippen LogP contribution in [0.2, 0.25) is 15.2 Å². The highest BCUT2D eigenvalue weighted by atomic mass is 35.5. The topological polar surface area (TPSA) is 31.2 Å². The Hall–Kier alpha value is -1.53. The van der Waals surface area contributed by atoms with Gasteiger partial charge in [-0.15, -0.1) is 12.3 Å². The Morgan fingerprint density at radius 2 is 1.93 bits per heavy atom. The second-order valence-electron chi connectivity index (χ2n) is 5.45. The number of alkyl halides is 3. The lowest BCUT2D eigenvalue weighted by molar-refractivity contribution is -0.143. The molecule has 0 fully saturated rings. The van der Waals surface area contributed by atoms with Gasteiger partial charge < -0.3 is 8.75 Å². The van der Waals surface area contributed by atoms with Crippen LogP contribution in [-0.2, 0) is 28.6 Å². The Kier molecular flexibility index (Phi) is 6.87. The molecule has 0 spiro atoms. The molecule has 0 saturated carbocycles. The number of hydrogen-bond acceptors (Lipinski definition) is 3.